The Morgan fingerprint density at radius 3 is 2.58 bits per heavy atom. The van der Waals surface area contributed by atoms with E-state index in [1.165, 1.54) is 18.4 Å². The molecule has 1 saturated heterocycles. The minimum atomic E-state index is 0.0564. The Bertz CT molecular complexity index is 733. The average molecular weight is 354 g/mol. The molecule has 0 radical (unpaired) electrons. The van der Waals surface area contributed by atoms with Crippen LogP contribution in [0, 0.1) is 12.8 Å². The Kier molecular flexibility index (Phi) is 4.93. The zero-order valence-corrected chi connectivity index (χ0v) is 15.2. The molecule has 1 aromatic heterocycles. The third-order valence-electron chi connectivity index (χ3n) is 5.25. The topological polar surface area (TPSA) is 61.6 Å². The summed E-state index contributed by atoms with van der Waals surface area (Å²) in [7, 11) is 0. The lowest BCUT2D eigenvalue weighted by molar-refractivity contribution is 0.125. The number of amides is 2. The van der Waals surface area contributed by atoms with Crippen LogP contribution in [0.4, 0.5) is 4.79 Å². The number of benzene rings is 1. The van der Waals surface area contributed by atoms with E-state index in [2.05, 4.69) is 27.5 Å². The number of carbonyl (C=O) groups is 1. The summed E-state index contributed by atoms with van der Waals surface area (Å²) in [6.45, 7) is 5.87. The van der Waals surface area contributed by atoms with Crippen LogP contribution >= 0.6 is 0 Å². The number of nitrogens with zero attached hydrogens (tertiary/aromatic N) is 3. The van der Waals surface area contributed by atoms with Crippen molar-refractivity contribution in [1.29, 1.82) is 0 Å². The number of aromatic nitrogens is 1. The summed E-state index contributed by atoms with van der Waals surface area (Å²) in [5, 5.41) is 7.21. The van der Waals surface area contributed by atoms with Gasteiger partial charge in [0.2, 0.25) is 0 Å². The second-order valence-corrected chi connectivity index (χ2v) is 7.37. The van der Waals surface area contributed by atoms with Crippen molar-refractivity contribution in [3.63, 3.8) is 0 Å². The quantitative estimate of drug-likeness (QED) is 0.897. The number of rotatable bonds is 5. The van der Waals surface area contributed by atoms with Crippen LogP contribution < -0.4 is 5.32 Å². The summed E-state index contributed by atoms with van der Waals surface area (Å²) in [6, 6.07) is 12.5. The van der Waals surface area contributed by atoms with Gasteiger partial charge in [0.15, 0.2) is 5.76 Å². The lowest BCUT2D eigenvalue weighted by Crippen LogP contribution is -2.52. The van der Waals surface area contributed by atoms with Gasteiger partial charge in [0.1, 0.15) is 0 Å². The van der Waals surface area contributed by atoms with Crippen molar-refractivity contribution in [2.75, 3.05) is 26.2 Å². The van der Waals surface area contributed by atoms with Gasteiger partial charge in [0.25, 0.3) is 0 Å². The maximum Gasteiger partial charge on any atom is 0.317 e. The number of carbonyl (C=O) groups excluding carboxylic acids is 1. The average Bonchev–Trinajstić information content (AvgIpc) is 3.43. The van der Waals surface area contributed by atoms with Gasteiger partial charge in [-0.15, -0.1) is 0 Å². The second-order valence-electron chi connectivity index (χ2n) is 7.37. The zero-order valence-electron chi connectivity index (χ0n) is 15.2. The standard InChI is InChI=1S/C20H26N4O2/c1-15-13-18(26-22-15)14-23-9-11-24(12-10-23)20(25)21-19(17-7-8-17)16-5-3-2-4-6-16/h2-6,13,17,19H,7-12,14H2,1H3,(H,21,25). The minimum absolute atomic E-state index is 0.0564. The molecular weight excluding hydrogens is 328 g/mol. The first-order chi connectivity index (χ1) is 12.7. The van der Waals surface area contributed by atoms with Crippen molar-refractivity contribution in [3.05, 3.63) is 53.4 Å². The minimum Gasteiger partial charge on any atom is -0.360 e. The first-order valence-corrected chi connectivity index (χ1v) is 9.44. The van der Waals surface area contributed by atoms with Crippen LogP contribution in [0.3, 0.4) is 0 Å². The fourth-order valence-corrected chi connectivity index (χ4v) is 3.61. The van der Waals surface area contributed by atoms with Gasteiger partial charge in [-0.05, 0) is 31.2 Å². The Hall–Kier alpha value is -2.34. The fourth-order valence-electron chi connectivity index (χ4n) is 3.61. The number of piperazine rings is 1. The molecule has 2 aliphatic rings. The molecule has 1 unspecified atom stereocenters. The molecule has 26 heavy (non-hydrogen) atoms. The van der Waals surface area contributed by atoms with Gasteiger partial charge in [0, 0.05) is 32.2 Å². The number of urea groups is 1. The highest BCUT2D eigenvalue weighted by molar-refractivity contribution is 5.75. The maximum atomic E-state index is 12.8. The SMILES string of the molecule is Cc1cc(CN2CCN(C(=O)NC(c3ccccc3)C3CC3)CC2)on1. The van der Waals surface area contributed by atoms with Crippen LogP contribution in [0.1, 0.15) is 35.9 Å². The molecule has 6 heteroatoms. The number of hydrogen-bond donors (Lipinski definition) is 1. The number of nitrogens with one attached hydrogen (secondary N) is 1. The molecule has 6 nitrogen and oxygen atoms in total. The van der Waals surface area contributed by atoms with Crippen molar-refractivity contribution in [2.24, 2.45) is 5.92 Å². The summed E-state index contributed by atoms with van der Waals surface area (Å²) in [5.41, 5.74) is 2.12. The molecule has 0 bridgehead atoms. The molecule has 2 fully saturated rings. The number of aryl methyl sites for hydroxylation is 1. The van der Waals surface area contributed by atoms with Gasteiger partial charge in [0.05, 0.1) is 18.3 Å². The van der Waals surface area contributed by atoms with Crippen molar-refractivity contribution in [2.45, 2.75) is 32.4 Å². The monoisotopic (exact) mass is 354 g/mol. The summed E-state index contributed by atoms with van der Waals surface area (Å²) in [6.07, 6.45) is 2.40. The molecule has 4 rings (SSSR count). The highest BCUT2D eigenvalue weighted by atomic mass is 16.5. The summed E-state index contributed by atoms with van der Waals surface area (Å²) < 4.78 is 5.29. The molecule has 2 amide bonds. The summed E-state index contributed by atoms with van der Waals surface area (Å²) >= 11 is 0. The van der Waals surface area contributed by atoms with Crippen LogP contribution in [0.2, 0.25) is 0 Å². The van der Waals surface area contributed by atoms with E-state index in [1.54, 1.807) is 0 Å². The van der Waals surface area contributed by atoms with Gasteiger partial charge >= 0.3 is 6.03 Å². The van der Waals surface area contributed by atoms with Crippen molar-refractivity contribution < 1.29 is 9.32 Å². The smallest absolute Gasteiger partial charge is 0.317 e. The van der Waals surface area contributed by atoms with Crippen molar-refractivity contribution in [1.82, 2.24) is 20.3 Å². The lowest BCUT2D eigenvalue weighted by atomic mass is 10.0. The molecule has 1 aromatic carbocycles. The first kappa shape index (κ1) is 17.1. The van der Waals surface area contributed by atoms with Crippen LogP contribution in [0.5, 0.6) is 0 Å². The van der Waals surface area contributed by atoms with Crippen LogP contribution in [-0.2, 0) is 6.54 Å². The molecule has 2 aromatic rings. The van der Waals surface area contributed by atoms with E-state index in [9.17, 15) is 4.79 Å². The predicted molar refractivity (Wildman–Crippen MR) is 98.5 cm³/mol. The third kappa shape index (κ3) is 4.07. The van der Waals surface area contributed by atoms with Crippen LogP contribution in [-0.4, -0.2) is 47.2 Å². The molecule has 1 aliphatic carbocycles. The van der Waals surface area contributed by atoms with E-state index in [4.69, 9.17) is 4.52 Å². The molecule has 138 valence electrons. The van der Waals surface area contributed by atoms with Crippen LogP contribution in [0.15, 0.2) is 40.9 Å². The molecule has 1 N–H and O–H groups in total. The van der Waals surface area contributed by atoms with Crippen molar-refractivity contribution >= 4 is 6.03 Å². The van der Waals surface area contributed by atoms with E-state index in [0.29, 0.717) is 5.92 Å². The molecule has 1 aliphatic heterocycles. The molecule has 2 heterocycles. The third-order valence-corrected chi connectivity index (χ3v) is 5.25. The largest absolute Gasteiger partial charge is 0.360 e. The maximum absolute atomic E-state index is 12.8. The highest BCUT2D eigenvalue weighted by Crippen LogP contribution is 2.41. The van der Waals surface area contributed by atoms with Gasteiger partial charge in [-0.3, -0.25) is 4.90 Å². The van der Waals surface area contributed by atoms with E-state index in [0.717, 1.165) is 44.2 Å². The highest BCUT2D eigenvalue weighted by Gasteiger charge is 2.34. The molecule has 1 saturated carbocycles. The lowest BCUT2D eigenvalue weighted by Gasteiger charge is -2.35. The summed E-state index contributed by atoms with van der Waals surface area (Å²) in [5.74, 6) is 1.47. The van der Waals surface area contributed by atoms with E-state index < -0.39 is 0 Å². The first-order valence-electron chi connectivity index (χ1n) is 9.44. The van der Waals surface area contributed by atoms with Gasteiger partial charge in [-0.25, -0.2) is 4.79 Å². The normalized spacial score (nSPS) is 19.3. The van der Waals surface area contributed by atoms with Crippen molar-refractivity contribution in [3.8, 4) is 0 Å². The van der Waals surface area contributed by atoms with E-state index in [-0.39, 0.29) is 12.1 Å². The zero-order chi connectivity index (χ0) is 17.9. The Morgan fingerprint density at radius 1 is 1.23 bits per heavy atom. The summed E-state index contributed by atoms with van der Waals surface area (Å²) in [4.78, 5) is 17.0. The fraction of sp³-hybridized carbons (Fsp3) is 0.500. The molecule has 0 spiro atoms. The Balaban J connectivity index is 1.30. The second kappa shape index (κ2) is 7.50. The predicted octanol–water partition coefficient (Wildman–Crippen LogP) is 2.96. The Labute approximate surface area is 154 Å². The number of hydrogen-bond acceptors (Lipinski definition) is 4. The van der Waals surface area contributed by atoms with E-state index in [1.807, 2.05) is 36.1 Å². The molecule has 1 atom stereocenters. The van der Waals surface area contributed by atoms with Gasteiger partial charge < -0.3 is 14.7 Å². The molecular formula is C20H26N4O2. The Morgan fingerprint density at radius 2 is 1.96 bits per heavy atom. The van der Waals surface area contributed by atoms with Gasteiger partial charge in [-0.2, -0.15) is 0 Å². The van der Waals surface area contributed by atoms with Gasteiger partial charge in [-0.1, -0.05) is 35.5 Å². The van der Waals surface area contributed by atoms with Crippen LogP contribution in [0.25, 0.3) is 0 Å². The van der Waals surface area contributed by atoms with E-state index >= 15 is 0 Å².